The van der Waals surface area contributed by atoms with Crippen LogP contribution < -0.4 is 4.72 Å². The molecule has 0 spiro atoms. The molecule has 0 saturated carbocycles. The molecule has 20 heavy (non-hydrogen) atoms. The molecular weight excluding hydrogens is 300 g/mol. The SMILES string of the molecule is O=C(O)CC(NS(=O)(=O)c1ccc(F)c(F)c1)C(=O)O. The van der Waals surface area contributed by atoms with Crippen molar-refractivity contribution in [2.45, 2.75) is 17.4 Å². The average Bonchev–Trinajstić information content (AvgIpc) is 2.30. The van der Waals surface area contributed by atoms with Gasteiger partial charge in [-0.15, -0.1) is 0 Å². The molecule has 1 unspecified atom stereocenters. The molecule has 110 valence electrons. The van der Waals surface area contributed by atoms with Gasteiger partial charge < -0.3 is 10.2 Å². The van der Waals surface area contributed by atoms with Gasteiger partial charge in [0.25, 0.3) is 0 Å². The Hall–Kier alpha value is -2.07. The largest absolute Gasteiger partial charge is 0.481 e. The fourth-order valence-corrected chi connectivity index (χ4v) is 2.45. The highest BCUT2D eigenvalue weighted by atomic mass is 32.2. The number of carboxylic acids is 2. The number of sulfonamides is 1. The predicted octanol–water partition coefficient (Wildman–Crippen LogP) is 0.171. The summed E-state index contributed by atoms with van der Waals surface area (Å²) in [4.78, 5) is 20.5. The van der Waals surface area contributed by atoms with Crippen LogP contribution >= 0.6 is 0 Å². The maximum absolute atomic E-state index is 12.9. The molecule has 0 aliphatic heterocycles. The Labute approximate surface area is 111 Å². The summed E-state index contributed by atoms with van der Waals surface area (Å²) in [6.45, 7) is 0. The van der Waals surface area contributed by atoms with Crippen LogP contribution in [0.5, 0.6) is 0 Å². The zero-order chi connectivity index (χ0) is 15.5. The minimum absolute atomic E-state index is 0.358. The molecule has 0 fully saturated rings. The summed E-state index contributed by atoms with van der Waals surface area (Å²) >= 11 is 0. The Bertz CT molecular complexity index is 645. The van der Waals surface area contributed by atoms with Crippen LogP contribution in [0.1, 0.15) is 6.42 Å². The van der Waals surface area contributed by atoms with E-state index in [1.807, 2.05) is 0 Å². The van der Waals surface area contributed by atoms with Gasteiger partial charge in [0.2, 0.25) is 10.0 Å². The lowest BCUT2D eigenvalue weighted by atomic mass is 10.2. The van der Waals surface area contributed by atoms with Gasteiger partial charge in [-0.3, -0.25) is 9.59 Å². The van der Waals surface area contributed by atoms with Crippen LogP contribution in [0.25, 0.3) is 0 Å². The fraction of sp³-hybridized carbons (Fsp3) is 0.200. The lowest BCUT2D eigenvalue weighted by Crippen LogP contribution is -2.42. The Morgan fingerprint density at radius 3 is 2.25 bits per heavy atom. The monoisotopic (exact) mass is 309 g/mol. The van der Waals surface area contributed by atoms with E-state index in [2.05, 4.69) is 0 Å². The second kappa shape index (κ2) is 5.92. The Morgan fingerprint density at radius 2 is 1.80 bits per heavy atom. The summed E-state index contributed by atoms with van der Waals surface area (Å²) in [7, 11) is -4.49. The van der Waals surface area contributed by atoms with Crippen LogP contribution in [0.4, 0.5) is 8.78 Å². The number of carbonyl (C=O) groups is 2. The van der Waals surface area contributed by atoms with E-state index >= 15 is 0 Å². The molecule has 10 heteroatoms. The van der Waals surface area contributed by atoms with Crippen molar-refractivity contribution in [3.05, 3.63) is 29.8 Å². The normalized spacial score (nSPS) is 12.9. The van der Waals surface area contributed by atoms with Crippen LogP contribution in [-0.4, -0.2) is 36.6 Å². The molecule has 0 radical (unpaired) electrons. The smallest absolute Gasteiger partial charge is 0.322 e. The Morgan fingerprint density at radius 1 is 1.20 bits per heavy atom. The molecule has 0 aliphatic carbocycles. The quantitative estimate of drug-likeness (QED) is 0.689. The number of halogens is 2. The Balaban J connectivity index is 3.06. The molecule has 0 bridgehead atoms. The molecule has 1 atom stereocenters. The molecule has 0 heterocycles. The van der Waals surface area contributed by atoms with E-state index in [1.54, 1.807) is 4.72 Å². The summed E-state index contributed by atoms with van der Waals surface area (Å²) < 4.78 is 50.7. The van der Waals surface area contributed by atoms with Crippen molar-refractivity contribution in [3.63, 3.8) is 0 Å². The highest BCUT2D eigenvalue weighted by molar-refractivity contribution is 7.89. The minimum Gasteiger partial charge on any atom is -0.481 e. The van der Waals surface area contributed by atoms with Crippen molar-refractivity contribution in [1.82, 2.24) is 4.72 Å². The second-order valence-electron chi connectivity index (χ2n) is 3.69. The van der Waals surface area contributed by atoms with Gasteiger partial charge in [-0.1, -0.05) is 0 Å². The van der Waals surface area contributed by atoms with Crippen LogP contribution in [0, 0.1) is 11.6 Å². The average molecular weight is 309 g/mol. The molecule has 0 amide bonds. The molecule has 1 aromatic carbocycles. The molecule has 1 aromatic rings. The van der Waals surface area contributed by atoms with Gasteiger partial charge in [0.1, 0.15) is 6.04 Å². The third-order valence-electron chi connectivity index (χ3n) is 2.18. The van der Waals surface area contributed by atoms with Crippen molar-refractivity contribution in [2.24, 2.45) is 0 Å². The van der Waals surface area contributed by atoms with Gasteiger partial charge in [0, 0.05) is 0 Å². The molecule has 7 nitrogen and oxygen atoms in total. The van der Waals surface area contributed by atoms with Crippen LogP contribution in [-0.2, 0) is 19.6 Å². The van der Waals surface area contributed by atoms with Crippen molar-refractivity contribution in [2.75, 3.05) is 0 Å². The van der Waals surface area contributed by atoms with E-state index in [9.17, 15) is 26.8 Å². The van der Waals surface area contributed by atoms with Crippen LogP contribution in [0.2, 0.25) is 0 Å². The summed E-state index contributed by atoms with van der Waals surface area (Å²) in [5.41, 5.74) is 0. The number of benzene rings is 1. The number of hydrogen-bond donors (Lipinski definition) is 3. The van der Waals surface area contributed by atoms with E-state index in [4.69, 9.17) is 10.2 Å². The first-order valence-corrected chi connectivity index (χ1v) is 6.54. The van der Waals surface area contributed by atoms with E-state index < -0.39 is 51.0 Å². The van der Waals surface area contributed by atoms with Crippen molar-refractivity contribution < 1.29 is 37.0 Å². The molecule has 3 N–H and O–H groups in total. The van der Waals surface area contributed by atoms with Gasteiger partial charge in [-0.2, -0.15) is 4.72 Å². The van der Waals surface area contributed by atoms with Gasteiger partial charge in [0.15, 0.2) is 11.6 Å². The third kappa shape index (κ3) is 3.96. The molecule has 0 aromatic heterocycles. The zero-order valence-electron chi connectivity index (χ0n) is 9.71. The standard InChI is InChI=1S/C10H9F2NO6S/c11-6-2-1-5(3-7(6)12)20(18,19)13-8(10(16)17)4-9(14)15/h1-3,8,13H,4H2,(H,14,15)(H,16,17). The predicted molar refractivity (Wildman–Crippen MR) is 60.4 cm³/mol. The maximum atomic E-state index is 12.9. The van der Waals surface area contributed by atoms with E-state index in [0.29, 0.717) is 12.1 Å². The van der Waals surface area contributed by atoms with Crippen molar-refractivity contribution in [3.8, 4) is 0 Å². The third-order valence-corrected chi connectivity index (χ3v) is 3.64. The first-order valence-electron chi connectivity index (χ1n) is 5.05. The fourth-order valence-electron chi connectivity index (χ4n) is 1.25. The molecular formula is C10H9F2NO6S. The van der Waals surface area contributed by atoms with Crippen LogP contribution in [0.3, 0.4) is 0 Å². The van der Waals surface area contributed by atoms with Crippen molar-refractivity contribution >= 4 is 22.0 Å². The summed E-state index contributed by atoms with van der Waals surface area (Å²) in [5.74, 6) is -5.95. The number of rotatable bonds is 6. The number of aliphatic carboxylic acids is 2. The van der Waals surface area contributed by atoms with E-state index in [-0.39, 0.29) is 0 Å². The van der Waals surface area contributed by atoms with Gasteiger partial charge >= 0.3 is 11.9 Å². The second-order valence-corrected chi connectivity index (χ2v) is 5.40. The molecule has 0 aliphatic rings. The highest BCUT2D eigenvalue weighted by Gasteiger charge is 2.28. The van der Waals surface area contributed by atoms with Gasteiger partial charge in [0.05, 0.1) is 11.3 Å². The maximum Gasteiger partial charge on any atom is 0.322 e. The lowest BCUT2D eigenvalue weighted by Gasteiger charge is -2.13. The van der Waals surface area contributed by atoms with Gasteiger partial charge in [-0.25, -0.2) is 17.2 Å². The first-order chi connectivity index (χ1) is 9.13. The highest BCUT2D eigenvalue weighted by Crippen LogP contribution is 2.14. The molecule has 0 saturated heterocycles. The summed E-state index contributed by atoms with van der Waals surface area (Å²) in [6, 6.07) is -0.292. The van der Waals surface area contributed by atoms with E-state index in [0.717, 1.165) is 6.07 Å². The Kier molecular flexibility index (Phi) is 4.73. The minimum atomic E-state index is -4.49. The summed E-state index contributed by atoms with van der Waals surface area (Å²) in [5, 5.41) is 17.2. The number of carboxylic acid groups (broad SMARTS) is 2. The zero-order valence-corrected chi connectivity index (χ0v) is 10.5. The molecule has 1 rings (SSSR count). The number of hydrogen-bond acceptors (Lipinski definition) is 4. The van der Waals surface area contributed by atoms with E-state index in [1.165, 1.54) is 0 Å². The van der Waals surface area contributed by atoms with Gasteiger partial charge in [-0.05, 0) is 18.2 Å². The number of nitrogens with one attached hydrogen (secondary N) is 1. The topological polar surface area (TPSA) is 121 Å². The first kappa shape index (κ1) is 16.0. The lowest BCUT2D eigenvalue weighted by molar-refractivity contribution is -0.145. The van der Waals surface area contributed by atoms with Crippen LogP contribution in [0.15, 0.2) is 23.1 Å². The van der Waals surface area contributed by atoms with Crippen molar-refractivity contribution in [1.29, 1.82) is 0 Å². The summed E-state index contributed by atoms with van der Waals surface area (Å²) in [6.07, 6.45) is -1.00.